The van der Waals surface area contributed by atoms with Gasteiger partial charge >= 0.3 is 0 Å². The minimum Gasteiger partial charge on any atom is -0.306 e. The third-order valence-corrected chi connectivity index (χ3v) is 3.86. The molecule has 0 aliphatic rings. The molecule has 1 heterocycles. The largest absolute Gasteiger partial charge is 0.306 e. The van der Waals surface area contributed by atoms with E-state index in [1.54, 1.807) is 0 Å². The second-order valence-corrected chi connectivity index (χ2v) is 5.93. The predicted molar refractivity (Wildman–Crippen MR) is 74.4 cm³/mol. The highest BCUT2D eigenvalue weighted by atomic mass is 35.5. The Labute approximate surface area is 110 Å². The zero-order chi connectivity index (χ0) is 12.5. The summed E-state index contributed by atoms with van der Waals surface area (Å²) >= 11 is 7.45. The van der Waals surface area contributed by atoms with Gasteiger partial charge in [0, 0.05) is 24.8 Å². The van der Waals surface area contributed by atoms with Crippen LogP contribution >= 0.6 is 22.9 Å². The van der Waals surface area contributed by atoms with E-state index >= 15 is 0 Å². The summed E-state index contributed by atoms with van der Waals surface area (Å²) in [5, 5.41) is 2.04. The van der Waals surface area contributed by atoms with Gasteiger partial charge in [-0.25, -0.2) is 6.57 Å². The first-order chi connectivity index (χ1) is 8.03. The molecular formula is C14H12ClNS. The highest BCUT2D eigenvalue weighted by molar-refractivity contribution is 7.14. The van der Waals surface area contributed by atoms with Gasteiger partial charge in [0.05, 0.1) is 4.34 Å². The Balaban J connectivity index is 2.34. The van der Waals surface area contributed by atoms with Crippen molar-refractivity contribution in [2.75, 3.05) is 0 Å². The zero-order valence-corrected chi connectivity index (χ0v) is 11.3. The van der Waals surface area contributed by atoms with E-state index in [2.05, 4.69) is 4.85 Å². The summed E-state index contributed by atoms with van der Waals surface area (Å²) in [5.74, 6) is 0. The first kappa shape index (κ1) is 12.2. The molecule has 0 bridgehead atoms. The fourth-order valence-corrected chi connectivity index (χ4v) is 2.49. The molecule has 0 atom stereocenters. The van der Waals surface area contributed by atoms with E-state index < -0.39 is 5.54 Å². The standard InChI is InChI=1S/C14H12ClNS/c1-14(2,16-3)12-6-4-10(5-7-12)11-8-13(15)17-9-11/h4-9H,1-2H3. The van der Waals surface area contributed by atoms with Crippen LogP contribution in [0.3, 0.4) is 0 Å². The Morgan fingerprint density at radius 1 is 1.18 bits per heavy atom. The Morgan fingerprint density at radius 3 is 2.29 bits per heavy atom. The van der Waals surface area contributed by atoms with Crippen molar-refractivity contribution in [3.05, 3.63) is 57.0 Å². The van der Waals surface area contributed by atoms with Gasteiger partial charge in [0.15, 0.2) is 0 Å². The number of nitrogens with zero attached hydrogens (tertiary/aromatic N) is 1. The maximum atomic E-state index is 7.17. The zero-order valence-electron chi connectivity index (χ0n) is 9.70. The van der Waals surface area contributed by atoms with E-state index in [1.807, 2.05) is 49.6 Å². The molecule has 0 amide bonds. The minimum absolute atomic E-state index is 0.454. The Hall–Kier alpha value is -1.30. The topological polar surface area (TPSA) is 4.36 Å². The average Bonchev–Trinajstić information content (AvgIpc) is 2.76. The van der Waals surface area contributed by atoms with Crippen molar-refractivity contribution in [1.82, 2.24) is 0 Å². The number of hydrogen-bond donors (Lipinski definition) is 0. The molecule has 1 aromatic carbocycles. The van der Waals surface area contributed by atoms with Crippen molar-refractivity contribution >= 4 is 22.9 Å². The molecule has 0 radical (unpaired) electrons. The summed E-state index contributed by atoms with van der Waals surface area (Å²) in [6, 6.07) is 10.1. The van der Waals surface area contributed by atoms with Crippen molar-refractivity contribution in [2.24, 2.45) is 0 Å². The van der Waals surface area contributed by atoms with Crippen LogP contribution in [-0.2, 0) is 5.54 Å². The van der Waals surface area contributed by atoms with Gasteiger partial charge in [-0.05, 0) is 17.2 Å². The molecule has 0 aliphatic heterocycles. The van der Waals surface area contributed by atoms with Crippen molar-refractivity contribution < 1.29 is 0 Å². The fourth-order valence-electron chi connectivity index (χ4n) is 1.60. The molecule has 0 spiro atoms. The molecule has 0 fully saturated rings. The predicted octanol–water partition coefficient (Wildman–Crippen LogP) is 5.22. The van der Waals surface area contributed by atoms with Crippen molar-refractivity contribution in [1.29, 1.82) is 0 Å². The molecule has 0 N–H and O–H groups in total. The van der Waals surface area contributed by atoms with Crippen LogP contribution in [-0.4, -0.2) is 0 Å². The summed E-state index contributed by atoms with van der Waals surface area (Å²) in [5.41, 5.74) is 2.85. The molecule has 1 nitrogen and oxygen atoms in total. The van der Waals surface area contributed by atoms with Crippen LogP contribution in [0.1, 0.15) is 19.4 Å². The smallest absolute Gasteiger partial charge is 0.252 e. The van der Waals surface area contributed by atoms with Crippen LogP contribution in [0.15, 0.2) is 35.7 Å². The van der Waals surface area contributed by atoms with Crippen molar-refractivity contribution in [3.63, 3.8) is 0 Å². The maximum Gasteiger partial charge on any atom is 0.252 e. The van der Waals surface area contributed by atoms with E-state index in [1.165, 1.54) is 11.3 Å². The van der Waals surface area contributed by atoms with Crippen LogP contribution in [0.2, 0.25) is 4.34 Å². The fraction of sp³-hybridized carbons (Fsp3) is 0.214. The van der Waals surface area contributed by atoms with Gasteiger partial charge in [0.1, 0.15) is 0 Å². The van der Waals surface area contributed by atoms with E-state index in [-0.39, 0.29) is 0 Å². The maximum absolute atomic E-state index is 7.17. The lowest BCUT2D eigenvalue weighted by Gasteiger charge is -2.11. The van der Waals surface area contributed by atoms with E-state index in [0.29, 0.717) is 0 Å². The third kappa shape index (κ3) is 2.52. The molecule has 2 aromatic rings. The molecule has 0 saturated heterocycles. The summed E-state index contributed by atoms with van der Waals surface area (Å²) in [6.07, 6.45) is 0. The van der Waals surface area contributed by atoms with Gasteiger partial charge in [-0.1, -0.05) is 35.9 Å². The second-order valence-electron chi connectivity index (χ2n) is 4.39. The monoisotopic (exact) mass is 261 g/mol. The molecule has 1 aromatic heterocycles. The number of benzene rings is 1. The van der Waals surface area contributed by atoms with Gasteiger partial charge in [-0.2, -0.15) is 0 Å². The van der Waals surface area contributed by atoms with Crippen LogP contribution in [0.4, 0.5) is 0 Å². The van der Waals surface area contributed by atoms with Crippen LogP contribution < -0.4 is 0 Å². The summed E-state index contributed by atoms with van der Waals surface area (Å²) in [6.45, 7) is 11.0. The van der Waals surface area contributed by atoms with Gasteiger partial charge in [-0.15, -0.1) is 11.3 Å². The van der Waals surface area contributed by atoms with Crippen molar-refractivity contribution in [3.8, 4) is 11.1 Å². The first-order valence-electron chi connectivity index (χ1n) is 5.26. The first-order valence-corrected chi connectivity index (χ1v) is 6.52. The molecule has 3 heteroatoms. The molecule has 17 heavy (non-hydrogen) atoms. The van der Waals surface area contributed by atoms with E-state index in [9.17, 15) is 0 Å². The third-order valence-electron chi connectivity index (χ3n) is 2.77. The molecular weight excluding hydrogens is 250 g/mol. The molecule has 0 unspecified atom stereocenters. The second kappa shape index (κ2) is 4.52. The number of hydrogen-bond acceptors (Lipinski definition) is 1. The summed E-state index contributed by atoms with van der Waals surface area (Å²) in [7, 11) is 0. The minimum atomic E-state index is -0.454. The van der Waals surface area contributed by atoms with Gasteiger partial charge in [-0.3, -0.25) is 0 Å². The molecule has 0 aliphatic carbocycles. The Morgan fingerprint density at radius 2 is 1.82 bits per heavy atom. The van der Waals surface area contributed by atoms with E-state index in [0.717, 1.165) is 21.0 Å². The molecule has 0 saturated carbocycles. The van der Waals surface area contributed by atoms with Gasteiger partial charge < -0.3 is 4.85 Å². The summed E-state index contributed by atoms with van der Waals surface area (Å²) < 4.78 is 0.797. The lowest BCUT2D eigenvalue weighted by Crippen LogP contribution is -2.10. The lowest BCUT2D eigenvalue weighted by atomic mass is 9.94. The average molecular weight is 262 g/mol. The molecule has 2 rings (SSSR count). The Bertz CT molecular complexity index is 561. The SMILES string of the molecule is [C-]#[N+]C(C)(C)c1ccc(-c2csc(Cl)c2)cc1. The normalized spacial score (nSPS) is 11.2. The van der Waals surface area contributed by atoms with E-state index in [4.69, 9.17) is 18.2 Å². The molecule has 86 valence electrons. The van der Waals surface area contributed by atoms with Gasteiger partial charge in [0.2, 0.25) is 0 Å². The number of halogens is 1. The number of thiophene rings is 1. The van der Waals surface area contributed by atoms with Crippen molar-refractivity contribution in [2.45, 2.75) is 19.4 Å². The Kier molecular flexibility index (Phi) is 3.24. The number of rotatable bonds is 2. The highest BCUT2D eigenvalue weighted by Crippen LogP contribution is 2.31. The van der Waals surface area contributed by atoms with Crippen LogP contribution in [0.5, 0.6) is 0 Å². The van der Waals surface area contributed by atoms with Crippen LogP contribution in [0.25, 0.3) is 16.0 Å². The quantitative estimate of drug-likeness (QED) is 0.653. The van der Waals surface area contributed by atoms with Crippen LogP contribution in [0, 0.1) is 6.57 Å². The highest BCUT2D eigenvalue weighted by Gasteiger charge is 2.25. The lowest BCUT2D eigenvalue weighted by molar-refractivity contribution is 0.664. The summed E-state index contributed by atoms with van der Waals surface area (Å²) in [4.78, 5) is 3.63. The van der Waals surface area contributed by atoms with Gasteiger partial charge in [0.25, 0.3) is 5.54 Å².